The van der Waals surface area contributed by atoms with Gasteiger partial charge in [-0.3, -0.25) is 9.69 Å². The number of urea groups is 1. The van der Waals surface area contributed by atoms with Crippen molar-refractivity contribution in [2.75, 3.05) is 18.1 Å². The number of carbonyl (C=O) groups is 2. The van der Waals surface area contributed by atoms with Crippen molar-refractivity contribution in [3.8, 4) is 5.88 Å². The van der Waals surface area contributed by atoms with Gasteiger partial charge in [0.05, 0.1) is 34.8 Å². The van der Waals surface area contributed by atoms with Crippen molar-refractivity contribution >= 4 is 29.4 Å². The van der Waals surface area contributed by atoms with Gasteiger partial charge in [0.15, 0.2) is 0 Å². The highest BCUT2D eigenvalue weighted by molar-refractivity contribution is 8.04. The predicted octanol–water partition coefficient (Wildman–Crippen LogP) is 2.21. The Morgan fingerprint density at radius 1 is 1.38 bits per heavy atom. The van der Waals surface area contributed by atoms with Crippen molar-refractivity contribution in [1.29, 1.82) is 0 Å². The number of ether oxygens (including phenoxy) is 1. The summed E-state index contributed by atoms with van der Waals surface area (Å²) in [5.74, 6) is 0.882. The van der Waals surface area contributed by atoms with E-state index in [4.69, 9.17) is 10.5 Å². The molecule has 0 spiro atoms. The number of hydrogen-bond acceptors (Lipinski definition) is 7. The fraction of sp³-hybridized carbons (Fsp3) is 0.625. The molecule has 3 unspecified atom stereocenters. The van der Waals surface area contributed by atoms with E-state index < -0.39 is 0 Å². The highest BCUT2D eigenvalue weighted by atomic mass is 32.2. The number of nitrogens with zero attached hydrogens (tertiary/aromatic N) is 2. The van der Waals surface area contributed by atoms with E-state index >= 15 is 0 Å². The quantitative estimate of drug-likeness (QED) is 0.486. The van der Waals surface area contributed by atoms with Gasteiger partial charge in [-0.05, 0) is 50.6 Å². The van der Waals surface area contributed by atoms with Crippen LogP contribution in [0.25, 0.3) is 0 Å². The van der Waals surface area contributed by atoms with Crippen LogP contribution in [0.4, 0.5) is 10.5 Å². The Labute approximate surface area is 204 Å². The second kappa shape index (κ2) is 9.39. The fourth-order valence-corrected chi connectivity index (χ4v) is 6.81. The van der Waals surface area contributed by atoms with Gasteiger partial charge in [-0.15, -0.1) is 0 Å². The molecule has 5 atom stereocenters. The van der Waals surface area contributed by atoms with Crippen molar-refractivity contribution in [2.24, 2.45) is 17.6 Å². The zero-order valence-electron chi connectivity index (χ0n) is 20.0. The third-order valence-electron chi connectivity index (χ3n) is 7.04. The average molecular weight is 487 g/mol. The SMILES string of the molecule is Cc1cc(OCC(C)C)ncc1N1C(=O)NC2=C(C(=O)N[C@@H]3CC[C@H](N)C3)SC3NCCC1C23. The predicted molar refractivity (Wildman–Crippen MR) is 132 cm³/mol. The summed E-state index contributed by atoms with van der Waals surface area (Å²) >= 11 is 1.53. The average Bonchev–Trinajstić information content (AvgIpc) is 3.37. The molecule has 3 amide bonds. The summed E-state index contributed by atoms with van der Waals surface area (Å²) in [6.07, 6.45) is 5.16. The Morgan fingerprint density at radius 3 is 2.91 bits per heavy atom. The van der Waals surface area contributed by atoms with Crippen molar-refractivity contribution in [3.63, 3.8) is 0 Å². The maximum absolute atomic E-state index is 13.4. The molecule has 0 bridgehead atoms. The zero-order valence-corrected chi connectivity index (χ0v) is 20.8. The summed E-state index contributed by atoms with van der Waals surface area (Å²) < 4.78 is 5.77. The van der Waals surface area contributed by atoms with Crippen LogP contribution in [0.2, 0.25) is 0 Å². The minimum atomic E-state index is -0.215. The zero-order chi connectivity index (χ0) is 24.0. The number of aryl methyl sites for hydroxylation is 1. The molecule has 4 aliphatic rings. The molecule has 34 heavy (non-hydrogen) atoms. The third kappa shape index (κ3) is 4.38. The molecule has 5 rings (SSSR count). The van der Waals surface area contributed by atoms with Crippen LogP contribution in [0.1, 0.15) is 45.1 Å². The molecule has 184 valence electrons. The van der Waals surface area contributed by atoms with Gasteiger partial charge in [0.1, 0.15) is 0 Å². The Balaban J connectivity index is 1.39. The second-order valence-electron chi connectivity index (χ2n) is 10.2. The smallest absolute Gasteiger partial charge is 0.326 e. The third-order valence-corrected chi connectivity index (χ3v) is 8.39. The molecule has 0 radical (unpaired) electrons. The Morgan fingerprint density at radius 2 is 2.21 bits per heavy atom. The van der Waals surface area contributed by atoms with Gasteiger partial charge in [0.2, 0.25) is 5.88 Å². The lowest BCUT2D eigenvalue weighted by Crippen LogP contribution is -2.62. The molecule has 4 heterocycles. The number of amides is 3. The van der Waals surface area contributed by atoms with E-state index in [1.807, 2.05) is 17.9 Å². The minimum absolute atomic E-state index is 0.0132. The summed E-state index contributed by atoms with van der Waals surface area (Å²) in [5, 5.41) is 9.79. The number of nitrogens with one attached hydrogen (secondary N) is 3. The van der Waals surface area contributed by atoms with Crippen LogP contribution in [-0.2, 0) is 4.79 Å². The van der Waals surface area contributed by atoms with E-state index in [0.29, 0.717) is 23.3 Å². The number of nitrogens with two attached hydrogens (primary N) is 1. The fourth-order valence-electron chi connectivity index (χ4n) is 5.41. The van der Waals surface area contributed by atoms with Gasteiger partial charge in [-0.25, -0.2) is 9.78 Å². The van der Waals surface area contributed by atoms with Crippen LogP contribution in [0.3, 0.4) is 0 Å². The van der Waals surface area contributed by atoms with Gasteiger partial charge in [0.25, 0.3) is 5.91 Å². The van der Waals surface area contributed by atoms with Crippen molar-refractivity contribution < 1.29 is 14.3 Å². The van der Waals surface area contributed by atoms with E-state index in [9.17, 15) is 9.59 Å². The van der Waals surface area contributed by atoms with E-state index in [1.54, 1.807) is 6.20 Å². The Kier molecular flexibility index (Phi) is 6.47. The first-order valence-electron chi connectivity index (χ1n) is 12.2. The molecule has 3 aliphatic heterocycles. The second-order valence-corrected chi connectivity index (χ2v) is 11.3. The topological polar surface area (TPSA) is 122 Å². The standard InChI is InChI=1S/C24H34N6O3S/c1-12(2)11-33-18-8-13(3)17(10-27-18)30-16-6-7-26-23-19(16)20(29-24(30)32)21(34-23)22(31)28-15-5-4-14(25)9-15/h8,10,12,14-16,19,23,26H,4-7,9,11,25H2,1-3H3,(H,28,31)(H,29,32)/t14-,15+,16?,19?,23?/m0/s1. The first-order chi connectivity index (χ1) is 16.3. The van der Waals surface area contributed by atoms with Crippen LogP contribution in [-0.4, -0.2) is 53.6 Å². The molecule has 10 heteroatoms. The van der Waals surface area contributed by atoms with Gasteiger partial charge >= 0.3 is 6.03 Å². The van der Waals surface area contributed by atoms with Crippen LogP contribution >= 0.6 is 11.8 Å². The van der Waals surface area contributed by atoms with Crippen molar-refractivity contribution in [1.82, 2.24) is 20.9 Å². The van der Waals surface area contributed by atoms with Gasteiger partial charge in [0, 0.05) is 29.8 Å². The maximum atomic E-state index is 13.4. The largest absolute Gasteiger partial charge is 0.477 e. The Bertz CT molecular complexity index is 1010. The summed E-state index contributed by atoms with van der Waals surface area (Å²) in [7, 11) is 0. The highest BCUT2D eigenvalue weighted by Gasteiger charge is 2.52. The van der Waals surface area contributed by atoms with Crippen LogP contribution in [0, 0.1) is 18.8 Å². The van der Waals surface area contributed by atoms with Crippen LogP contribution < -0.4 is 31.3 Å². The molecule has 9 nitrogen and oxygen atoms in total. The normalized spacial score (nSPS) is 30.4. The van der Waals surface area contributed by atoms with Crippen molar-refractivity contribution in [3.05, 3.63) is 28.4 Å². The molecular weight excluding hydrogens is 452 g/mol. The van der Waals surface area contributed by atoms with Gasteiger partial charge < -0.3 is 26.4 Å². The first-order valence-corrected chi connectivity index (χ1v) is 13.1. The van der Waals surface area contributed by atoms with Gasteiger partial charge in [-0.1, -0.05) is 25.6 Å². The molecule has 0 aromatic carbocycles. The number of thioether (sulfide) groups is 1. The molecule has 1 aromatic rings. The van der Waals surface area contributed by atoms with Crippen LogP contribution in [0.5, 0.6) is 5.88 Å². The van der Waals surface area contributed by atoms with Crippen LogP contribution in [0.15, 0.2) is 22.9 Å². The number of rotatable bonds is 6. The monoisotopic (exact) mass is 486 g/mol. The summed E-state index contributed by atoms with van der Waals surface area (Å²) in [6.45, 7) is 7.54. The highest BCUT2D eigenvalue weighted by Crippen LogP contribution is 2.48. The molecule has 5 N–H and O–H groups in total. The molecule has 2 saturated heterocycles. The Hall–Kier alpha value is -2.30. The molecule has 1 saturated carbocycles. The lowest BCUT2D eigenvalue weighted by atomic mass is 9.86. The number of carbonyl (C=O) groups excluding carboxylic acids is 2. The first kappa shape index (κ1) is 23.4. The lowest BCUT2D eigenvalue weighted by molar-refractivity contribution is -0.117. The maximum Gasteiger partial charge on any atom is 0.326 e. The number of piperidine rings is 1. The van der Waals surface area contributed by atoms with Gasteiger partial charge in [-0.2, -0.15) is 0 Å². The van der Waals surface area contributed by atoms with E-state index in [0.717, 1.165) is 49.2 Å². The summed E-state index contributed by atoms with van der Waals surface area (Å²) in [6, 6.07) is 1.88. The van der Waals surface area contributed by atoms with E-state index in [2.05, 4.69) is 34.8 Å². The van der Waals surface area contributed by atoms with Crippen molar-refractivity contribution in [2.45, 2.75) is 70.0 Å². The summed E-state index contributed by atoms with van der Waals surface area (Å²) in [5.41, 5.74) is 8.48. The minimum Gasteiger partial charge on any atom is -0.477 e. The molecule has 1 aromatic heterocycles. The van der Waals surface area contributed by atoms with E-state index in [-0.39, 0.29) is 41.4 Å². The number of hydrogen-bond donors (Lipinski definition) is 4. The number of pyridine rings is 1. The number of anilines is 1. The molecule has 3 fully saturated rings. The molecule has 1 aliphatic carbocycles. The number of aromatic nitrogens is 1. The summed E-state index contributed by atoms with van der Waals surface area (Å²) in [4.78, 5) is 33.5. The molecular formula is C24H34N6O3S. The lowest BCUT2D eigenvalue weighted by Gasteiger charge is -2.46. The van der Waals surface area contributed by atoms with E-state index in [1.165, 1.54) is 11.8 Å².